The second-order valence-electron chi connectivity index (χ2n) is 11.8. The summed E-state index contributed by atoms with van der Waals surface area (Å²) < 4.78 is 33.8. The van der Waals surface area contributed by atoms with Crippen molar-refractivity contribution < 1.29 is 37.3 Å². The average Bonchev–Trinajstić information content (AvgIpc) is 2.96. The number of esters is 1. The first kappa shape index (κ1) is 42.2. The highest BCUT2D eigenvalue weighted by Crippen LogP contribution is 2.38. The minimum Gasteiger partial charge on any atom is -0.756 e. The molecule has 0 bridgehead atoms. The van der Waals surface area contributed by atoms with Crippen LogP contribution in [0.25, 0.3) is 0 Å². The van der Waals surface area contributed by atoms with Crippen LogP contribution in [0.5, 0.6) is 0 Å². The van der Waals surface area contributed by atoms with Crippen LogP contribution in [0.15, 0.2) is 60.8 Å². The zero-order valence-electron chi connectivity index (χ0n) is 28.3. The first-order valence-electron chi connectivity index (χ1n) is 16.5. The lowest BCUT2D eigenvalue weighted by atomic mass is 10.1. The molecule has 0 aromatic carbocycles. The number of allylic oxidation sites excluding steroid dienone is 10. The van der Waals surface area contributed by atoms with E-state index in [1.54, 1.807) is 0 Å². The molecule has 0 aliphatic heterocycles. The summed E-state index contributed by atoms with van der Waals surface area (Å²) in [5.74, 6) is -0.384. The van der Waals surface area contributed by atoms with Crippen molar-refractivity contribution in [2.45, 2.75) is 103 Å². The molecule has 0 aliphatic carbocycles. The van der Waals surface area contributed by atoms with Gasteiger partial charge in [0.1, 0.15) is 19.3 Å². The van der Waals surface area contributed by atoms with Crippen LogP contribution < -0.4 is 4.89 Å². The number of carbonyl (C=O) groups is 1. The van der Waals surface area contributed by atoms with Gasteiger partial charge >= 0.3 is 5.97 Å². The molecule has 0 N–H and O–H groups in total. The van der Waals surface area contributed by atoms with Crippen LogP contribution in [0.1, 0.15) is 97.3 Å². The smallest absolute Gasteiger partial charge is 0.306 e. The molecule has 0 heterocycles. The van der Waals surface area contributed by atoms with E-state index in [2.05, 4.69) is 67.7 Å². The predicted octanol–water partition coefficient (Wildman–Crippen LogP) is 8.01. The number of nitrogens with zero attached hydrogens (tertiary/aromatic N) is 1. The van der Waals surface area contributed by atoms with Crippen LogP contribution in [0, 0.1) is 0 Å². The SMILES string of the molecule is CC/C=C\C/C=C\C/C=C\C/C=C\C/C=C\CCCCCCOCC(COP(=O)([O-])OCC[N+](C)(C)C)OC(=O)CCCC. The summed E-state index contributed by atoms with van der Waals surface area (Å²) in [5, 5.41) is 0. The van der Waals surface area contributed by atoms with E-state index < -0.39 is 13.9 Å². The largest absolute Gasteiger partial charge is 0.756 e. The molecule has 254 valence electrons. The Morgan fingerprint density at radius 3 is 1.86 bits per heavy atom. The van der Waals surface area contributed by atoms with E-state index in [1.807, 2.05) is 28.1 Å². The van der Waals surface area contributed by atoms with Crippen LogP contribution in [0.2, 0.25) is 0 Å². The lowest BCUT2D eigenvalue weighted by molar-refractivity contribution is -0.870. The van der Waals surface area contributed by atoms with Crippen LogP contribution >= 0.6 is 7.82 Å². The summed E-state index contributed by atoms with van der Waals surface area (Å²) in [4.78, 5) is 24.2. The maximum atomic E-state index is 12.1. The van der Waals surface area contributed by atoms with Gasteiger partial charge in [-0.1, -0.05) is 93.9 Å². The van der Waals surface area contributed by atoms with Gasteiger partial charge in [0, 0.05) is 13.0 Å². The Labute approximate surface area is 269 Å². The fourth-order valence-corrected chi connectivity index (χ4v) is 4.45. The minimum atomic E-state index is -4.50. The van der Waals surface area contributed by atoms with Crippen LogP contribution in [0.4, 0.5) is 0 Å². The number of unbranched alkanes of at least 4 members (excludes halogenated alkanes) is 5. The Morgan fingerprint density at radius 1 is 0.727 bits per heavy atom. The highest BCUT2D eigenvalue weighted by atomic mass is 31.2. The fraction of sp³-hybridized carbons (Fsp3) is 0.686. The Kier molecular flexibility index (Phi) is 27.5. The van der Waals surface area contributed by atoms with Gasteiger partial charge in [-0.3, -0.25) is 9.36 Å². The molecule has 2 atom stereocenters. The molecule has 0 radical (unpaired) electrons. The predicted molar refractivity (Wildman–Crippen MR) is 180 cm³/mol. The number of hydrogen-bond acceptors (Lipinski definition) is 7. The molecule has 0 aliphatic rings. The van der Waals surface area contributed by atoms with Gasteiger partial charge in [-0.25, -0.2) is 0 Å². The lowest BCUT2D eigenvalue weighted by Gasteiger charge is -2.28. The number of quaternary nitrogens is 1. The molecular formula is C35H62NO7P. The third-order valence-corrected chi connectivity index (χ3v) is 7.30. The Hall–Kier alpha value is -1.80. The molecule has 8 nitrogen and oxygen atoms in total. The number of rotatable bonds is 29. The minimum absolute atomic E-state index is 0.0167. The highest BCUT2D eigenvalue weighted by Gasteiger charge is 2.20. The van der Waals surface area contributed by atoms with Crippen molar-refractivity contribution >= 4 is 13.8 Å². The molecule has 0 fully saturated rings. The second-order valence-corrected chi connectivity index (χ2v) is 13.2. The third kappa shape index (κ3) is 31.6. The fourth-order valence-electron chi connectivity index (χ4n) is 3.72. The first-order chi connectivity index (χ1) is 21.1. The molecule has 0 spiro atoms. The van der Waals surface area contributed by atoms with Crippen molar-refractivity contribution in [3.05, 3.63) is 60.8 Å². The third-order valence-electron chi connectivity index (χ3n) is 6.33. The van der Waals surface area contributed by atoms with Gasteiger partial charge in [0.25, 0.3) is 7.82 Å². The monoisotopic (exact) mass is 639 g/mol. The highest BCUT2D eigenvalue weighted by molar-refractivity contribution is 7.45. The van der Waals surface area contributed by atoms with Gasteiger partial charge in [-0.15, -0.1) is 0 Å². The Bertz CT molecular complexity index is 890. The topological polar surface area (TPSA) is 94.1 Å². The lowest BCUT2D eigenvalue weighted by Crippen LogP contribution is -2.37. The van der Waals surface area contributed by atoms with E-state index in [0.717, 1.165) is 70.6 Å². The molecule has 0 aromatic rings. The first-order valence-corrected chi connectivity index (χ1v) is 18.0. The summed E-state index contributed by atoms with van der Waals surface area (Å²) >= 11 is 0. The van der Waals surface area contributed by atoms with E-state index >= 15 is 0 Å². The molecule has 2 unspecified atom stereocenters. The molecule has 9 heteroatoms. The van der Waals surface area contributed by atoms with Crippen LogP contribution in [-0.2, 0) is 27.9 Å². The van der Waals surface area contributed by atoms with E-state index in [4.69, 9.17) is 18.5 Å². The summed E-state index contributed by atoms with van der Waals surface area (Å²) in [7, 11) is 1.32. The van der Waals surface area contributed by atoms with E-state index in [9.17, 15) is 14.3 Å². The van der Waals surface area contributed by atoms with Gasteiger partial charge in [-0.05, 0) is 57.8 Å². The number of hydrogen-bond donors (Lipinski definition) is 0. The molecule has 0 rings (SSSR count). The quantitative estimate of drug-likeness (QED) is 0.0269. The van der Waals surface area contributed by atoms with Crippen LogP contribution in [0.3, 0.4) is 0 Å². The molecule has 44 heavy (non-hydrogen) atoms. The standard InChI is InChI=1S/C35H62NO7P/c1-6-8-10-11-12-13-14-15-16-17-18-19-20-21-22-23-24-25-26-27-30-40-32-34(43-35(37)28-9-7-2)33-42-44(38,39)41-31-29-36(3,4)5/h8,10,12-13,15-16,18-19,21-22,34H,6-7,9,11,14,17,20,23-33H2,1-5H3/b10-8-,13-12-,16-15-,19-18-,22-21-. The zero-order chi connectivity index (χ0) is 32.8. The Morgan fingerprint density at radius 2 is 1.30 bits per heavy atom. The normalized spacial score (nSPS) is 15.0. The summed E-state index contributed by atoms with van der Waals surface area (Å²) in [6.07, 6.45) is 33.4. The number of phosphoric ester groups is 1. The van der Waals surface area contributed by atoms with Crippen molar-refractivity contribution in [1.29, 1.82) is 0 Å². The van der Waals surface area contributed by atoms with Gasteiger partial charge in [-0.2, -0.15) is 0 Å². The second kappa shape index (κ2) is 28.7. The van der Waals surface area contributed by atoms with Crippen molar-refractivity contribution in [2.75, 3.05) is 54.1 Å². The average molecular weight is 640 g/mol. The van der Waals surface area contributed by atoms with E-state index in [-0.39, 0.29) is 32.2 Å². The summed E-state index contributed by atoms with van der Waals surface area (Å²) in [6, 6.07) is 0. The van der Waals surface area contributed by atoms with Crippen molar-refractivity contribution in [3.63, 3.8) is 0 Å². The van der Waals surface area contributed by atoms with Gasteiger partial charge in [0.15, 0.2) is 0 Å². The van der Waals surface area contributed by atoms with Crippen molar-refractivity contribution in [3.8, 4) is 0 Å². The van der Waals surface area contributed by atoms with Crippen molar-refractivity contribution in [1.82, 2.24) is 0 Å². The maximum absolute atomic E-state index is 12.1. The molecule has 0 aromatic heterocycles. The number of carbonyl (C=O) groups excluding carboxylic acids is 1. The summed E-state index contributed by atoms with van der Waals surface area (Å²) in [5.41, 5.74) is 0. The number of ether oxygens (including phenoxy) is 2. The molecule has 0 saturated carbocycles. The van der Waals surface area contributed by atoms with E-state index in [1.165, 1.54) is 0 Å². The van der Waals surface area contributed by atoms with Gasteiger partial charge in [0.05, 0.1) is 34.4 Å². The Balaban J connectivity index is 4.07. The molecule has 0 amide bonds. The summed E-state index contributed by atoms with van der Waals surface area (Å²) in [6.45, 7) is 4.93. The van der Waals surface area contributed by atoms with E-state index in [0.29, 0.717) is 24.1 Å². The van der Waals surface area contributed by atoms with Crippen LogP contribution in [-0.4, -0.2) is 70.7 Å². The van der Waals surface area contributed by atoms with Crippen molar-refractivity contribution in [2.24, 2.45) is 0 Å². The maximum Gasteiger partial charge on any atom is 0.306 e. The molecule has 0 saturated heterocycles. The number of likely N-dealkylation sites (N-methyl/N-ethyl adjacent to an activating group) is 1. The zero-order valence-corrected chi connectivity index (χ0v) is 29.2. The molecular weight excluding hydrogens is 577 g/mol. The van der Waals surface area contributed by atoms with Gasteiger partial charge < -0.3 is 27.9 Å². The van der Waals surface area contributed by atoms with Gasteiger partial charge in [0.2, 0.25) is 0 Å². The number of phosphoric acid groups is 1.